The summed E-state index contributed by atoms with van der Waals surface area (Å²) in [5, 5.41) is 6.79. The molecule has 2 N–H and O–H groups in total. The molecule has 184 valence electrons. The van der Waals surface area contributed by atoms with Crippen LogP contribution in [0.4, 0.5) is 24.7 Å². The topological polar surface area (TPSA) is 84.8 Å². The molecule has 1 aromatic heterocycles. The van der Waals surface area contributed by atoms with Crippen LogP contribution in [0.5, 0.6) is 11.5 Å². The minimum Gasteiger partial charge on any atom is -0.490 e. The average Bonchev–Trinajstić information content (AvgIpc) is 2.80. The highest BCUT2D eigenvalue weighted by Gasteiger charge is 2.30. The van der Waals surface area contributed by atoms with E-state index in [0.717, 1.165) is 17.8 Å². The average molecular weight is 598 g/mol. The summed E-state index contributed by atoms with van der Waals surface area (Å²) in [6.07, 6.45) is -2.25. The number of ether oxygens (including phenoxy) is 2. The van der Waals surface area contributed by atoms with Crippen molar-refractivity contribution in [2.75, 3.05) is 24.0 Å². The van der Waals surface area contributed by atoms with Crippen molar-refractivity contribution in [3.8, 4) is 11.5 Å². The van der Waals surface area contributed by atoms with Crippen molar-refractivity contribution in [1.82, 2.24) is 4.98 Å². The lowest BCUT2D eigenvalue weighted by atomic mass is 10.2. The minimum absolute atomic E-state index is 0.161. The summed E-state index contributed by atoms with van der Waals surface area (Å²) < 4.78 is 50.0. The normalized spacial score (nSPS) is 11.4. The first-order chi connectivity index (χ1) is 16.7. The van der Waals surface area contributed by atoms with Crippen LogP contribution in [0.2, 0.25) is 0 Å². The van der Waals surface area contributed by atoms with Crippen LogP contribution in [-0.4, -0.2) is 30.3 Å². The van der Waals surface area contributed by atoms with Crippen molar-refractivity contribution in [2.45, 2.75) is 20.0 Å². The molecular weight excluding hydrogens is 576 g/mol. The van der Waals surface area contributed by atoms with E-state index in [1.165, 1.54) is 12.3 Å². The first-order valence-electron chi connectivity index (χ1n) is 10.4. The van der Waals surface area contributed by atoms with Gasteiger partial charge >= 0.3 is 6.18 Å². The van der Waals surface area contributed by atoms with Crippen molar-refractivity contribution in [1.29, 1.82) is 0 Å². The molecule has 0 aliphatic rings. The van der Waals surface area contributed by atoms with E-state index in [4.69, 9.17) is 9.47 Å². The SMILES string of the molecule is CCOc1cc(/C=N\Nc2ccc(C(F)(F)F)cn2)cc(I)c1OCC(=O)Nc1ccc(C)cc1. The third-order valence-corrected chi connectivity index (χ3v) is 5.30. The number of aromatic nitrogens is 1. The summed E-state index contributed by atoms with van der Waals surface area (Å²) in [4.78, 5) is 16.0. The summed E-state index contributed by atoms with van der Waals surface area (Å²) >= 11 is 2.06. The molecule has 2 aromatic carbocycles. The number of rotatable bonds is 9. The molecule has 11 heteroatoms. The molecule has 0 unspecified atom stereocenters. The molecule has 35 heavy (non-hydrogen) atoms. The molecule has 0 saturated heterocycles. The molecule has 0 saturated carbocycles. The summed E-state index contributed by atoms with van der Waals surface area (Å²) in [5.74, 6) is 0.692. The Morgan fingerprint density at radius 2 is 1.89 bits per heavy atom. The van der Waals surface area contributed by atoms with Crippen LogP contribution in [0.15, 0.2) is 59.8 Å². The lowest BCUT2D eigenvalue weighted by molar-refractivity contribution is -0.137. The molecule has 3 rings (SSSR count). The Bertz CT molecular complexity index is 1180. The summed E-state index contributed by atoms with van der Waals surface area (Å²) in [7, 11) is 0. The van der Waals surface area contributed by atoms with Crippen LogP contribution in [0.1, 0.15) is 23.6 Å². The number of carbonyl (C=O) groups excluding carboxylic acids is 1. The van der Waals surface area contributed by atoms with Gasteiger partial charge in [-0.3, -0.25) is 10.2 Å². The van der Waals surface area contributed by atoms with Gasteiger partial charge in [0.2, 0.25) is 0 Å². The number of alkyl halides is 3. The number of halogens is 4. The number of aryl methyl sites for hydroxylation is 1. The van der Waals surface area contributed by atoms with E-state index in [1.807, 2.05) is 38.1 Å². The number of amides is 1. The predicted molar refractivity (Wildman–Crippen MR) is 136 cm³/mol. The number of hydrazone groups is 1. The van der Waals surface area contributed by atoms with Crippen molar-refractivity contribution < 1.29 is 27.4 Å². The lowest BCUT2D eigenvalue weighted by Crippen LogP contribution is -2.20. The molecule has 0 bridgehead atoms. The van der Waals surface area contributed by atoms with Gasteiger partial charge in [-0.1, -0.05) is 17.7 Å². The number of hydrogen-bond donors (Lipinski definition) is 2. The number of benzene rings is 2. The molecule has 0 atom stereocenters. The predicted octanol–water partition coefficient (Wildman–Crippen LogP) is 5.88. The Balaban J connectivity index is 1.65. The fourth-order valence-corrected chi connectivity index (χ4v) is 3.62. The first kappa shape index (κ1) is 26.3. The molecular formula is C24H22F3IN4O3. The van der Waals surface area contributed by atoms with Gasteiger partial charge in [-0.2, -0.15) is 18.3 Å². The zero-order valence-electron chi connectivity index (χ0n) is 18.8. The van der Waals surface area contributed by atoms with E-state index in [-0.39, 0.29) is 18.3 Å². The zero-order chi connectivity index (χ0) is 25.4. The van der Waals surface area contributed by atoms with E-state index in [1.54, 1.807) is 12.1 Å². The van der Waals surface area contributed by atoms with Crippen molar-refractivity contribution >= 4 is 46.2 Å². The second-order valence-corrected chi connectivity index (χ2v) is 8.43. The molecule has 0 spiro atoms. The van der Waals surface area contributed by atoms with Gasteiger partial charge in [0, 0.05) is 11.9 Å². The maximum absolute atomic E-state index is 12.6. The third-order valence-electron chi connectivity index (χ3n) is 4.50. The van der Waals surface area contributed by atoms with Gasteiger partial charge in [0.25, 0.3) is 5.91 Å². The van der Waals surface area contributed by atoms with Crippen LogP contribution < -0.4 is 20.2 Å². The molecule has 0 aliphatic heterocycles. The summed E-state index contributed by atoms with van der Waals surface area (Å²) in [5.41, 5.74) is 4.15. The maximum atomic E-state index is 12.6. The van der Waals surface area contributed by atoms with Gasteiger partial charge in [0.05, 0.1) is 22.0 Å². The number of pyridine rings is 1. The Morgan fingerprint density at radius 3 is 2.51 bits per heavy atom. The summed E-state index contributed by atoms with van der Waals surface area (Å²) in [6.45, 7) is 3.94. The Morgan fingerprint density at radius 1 is 1.14 bits per heavy atom. The van der Waals surface area contributed by atoms with Crippen LogP contribution in [0.25, 0.3) is 0 Å². The quantitative estimate of drug-likeness (QED) is 0.183. The van der Waals surface area contributed by atoms with Gasteiger partial charge in [-0.25, -0.2) is 4.98 Å². The molecule has 0 aliphatic carbocycles. The van der Waals surface area contributed by atoms with E-state index in [0.29, 0.717) is 32.9 Å². The van der Waals surface area contributed by atoms with E-state index >= 15 is 0 Å². The van der Waals surface area contributed by atoms with E-state index in [2.05, 4.69) is 43.4 Å². The lowest BCUT2D eigenvalue weighted by Gasteiger charge is -2.14. The van der Waals surface area contributed by atoms with Gasteiger partial charge in [-0.15, -0.1) is 0 Å². The molecule has 1 heterocycles. The van der Waals surface area contributed by atoms with Crippen LogP contribution in [0.3, 0.4) is 0 Å². The fraction of sp³-hybridized carbons (Fsp3) is 0.208. The Labute approximate surface area is 213 Å². The van der Waals surface area contributed by atoms with E-state index in [9.17, 15) is 18.0 Å². The number of nitrogens with one attached hydrogen (secondary N) is 2. The molecule has 3 aromatic rings. The Kier molecular flexibility index (Phi) is 8.90. The number of nitrogens with zero attached hydrogens (tertiary/aromatic N) is 2. The highest BCUT2D eigenvalue weighted by atomic mass is 127. The van der Waals surface area contributed by atoms with Crippen LogP contribution in [-0.2, 0) is 11.0 Å². The van der Waals surface area contributed by atoms with Gasteiger partial charge < -0.3 is 14.8 Å². The third kappa shape index (κ3) is 7.84. The maximum Gasteiger partial charge on any atom is 0.417 e. The van der Waals surface area contributed by atoms with Gasteiger partial charge in [-0.05, 0) is 78.4 Å². The zero-order valence-corrected chi connectivity index (χ0v) is 21.0. The highest BCUT2D eigenvalue weighted by molar-refractivity contribution is 14.1. The largest absolute Gasteiger partial charge is 0.490 e. The fourth-order valence-electron chi connectivity index (χ4n) is 2.84. The van der Waals surface area contributed by atoms with Gasteiger partial charge in [0.15, 0.2) is 18.1 Å². The van der Waals surface area contributed by atoms with Crippen LogP contribution >= 0.6 is 22.6 Å². The highest BCUT2D eigenvalue weighted by Crippen LogP contribution is 2.34. The minimum atomic E-state index is -4.45. The van der Waals surface area contributed by atoms with Crippen molar-refractivity contribution in [2.24, 2.45) is 5.10 Å². The second-order valence-electron chi connectivity index (χ2n) is 7.27. The van der Waals surface area contributed by atoms with Gasteiger partial charge in [0.1, 0.15) is 5.82 Å². The smallest absolute Gasteiger partial charge is 0.417 e. The van der Waals surface area contributed by atoms with Crippen molar-refractivity contribution in [3.63, 3.8) is 0 Å². The molecule has 0 fully saturated rings. The molecule has 1 amide bonds. The number of hydrogen-bond acceptors (Lipinski definition) is 6. The van der Waals surface area contributed by atoms with Crippen molar-refractivity contribution in [3.05, 3.63) is 75.0 Å². The standard InChI is InChI=1S/C24H22F3IN4O3/c1-3-34-20-11-16(12-30-32-21-9-6-17(13-29-21)24(25,26)27)10-19(28)23(20)35-14-22(33)31-18-7-4-15(2)5-8-18/h4-13H,3,14H2,1-2H3,(H,29,32)(H,31,33)/b30-12-. The Hall–Kier alpha value is -3.35. The number of anilines is 2. The van der Waals surface area contributed by atoms with Crippen LogP contribution in [0, 0.1) is 10.5 Å². The first-order valence-corrected chi connectivity index (χ1v) is 11.5. The molecule has 0 radical (unpaired) electrons. The summed E-state index contributed by atoms with van der Waals surface area (Å²) in [6, 6.07) is 13.0. The number of carbonyl (C=O) groups is 1. The van der Waals surface area contributed by atoms with E-state index < -0.39 is 11.7 Å². The molecule has 7 nitrogen and oxygen atoms in total. The monoisotopic (exact) mass is 598 g/mol. The second kappa shape index (κ2) is 11.9.